The number of nitrogens with zero attached hydrogens (tertiary/aromatic N) is 1. The minimum Gasteiger partial charge on any atom is -0.349 e. The fourth-order valence-corrected chi connectivity index (χ4v) is 6.54. The van der Waals surface area contributed by atoms with Gasteiger partial charge in [0.15, 0.2) is 0 Å². The molecule has 2 heterocycles. The second-order valence-corrected chi connectivity index (χ2v) is 10.3. The van der Waals surface area contributed by atoms with Gasteiger partial charge in [0.1, 0.15) is 0 Å². The number of aromatic nitrogens is 1. The third kappa shape index (κ3) is 4.03. The van der Waals surface area contributed by atoms with Crippen molar-refractivity contribution in [3.63, 3.8) is 0 Å². The molecular weight excluding hydrogens is 402 g/mol. The molecule has 1 aromatic carbocycles. The Balaban J connectivity index is 1.75. The molecule has 1 saturated carbocycles. The maximum Gasteiger partial charge on any atom is 0.252 e. The number of carbonyl (C=O) groups excluding carboxylic acids is 1. The zero-order valence-corrected chi connectivity index (χ0v) is 18.1. The van der Waals surface area contributed by atoms with Crippen LogP contribution in [-0.2, 0) is 10.0 Å². The molecule has 30 heavy (non-hydrogen) atoms. The van der Waals surface area contributed by atoms with Crippen LogP contribution in [0.4, 0.5) is 0 Å². The van der Waals surface area contributed by atoms with E-state index in [0.717, 1.165) is 51.4 Å². The molecule has 1 aromatic heterocycles. The van der Waals surface area contributed by atoms with Crippen LogP contribution in [0.15, 0.2) is 34.0 Å². The number of piperidine rings is 1. The van der Waals surface area contributed by atoms with Crippen LogP contribution in [0.1, 0.15) is 68.6 Å². The zero-order chi connectivity index (χ0) is 21.3. The molecule has 1 aliphatic heterocycles. The third-order valence-corrected chi connectivity index (χ3v) is 8.35. The van der Waals surface area contributed by atoms with Gasteiger partial charge in [0, 0.05) is 35.6 Å². The smallest absolute Gasteiger partial charge is 0.252 e. The number of hydrogen-bond donors (Lipinski definition) is 2. The van der Waals surface area contributed by atoms with Crippen molar-refractivity contribution in [2.75, 3.05) is 6.54 Å². The van der Waals surface area contributed by atoms with Gasteiger partial charge in [-0.1, -0.05) is 26.2 Å². The van der Waals surface area contributed by atoms with Crippen LogP contribution < -0.4 is 10.9 Å². The lowest BCUT2D eigenvalue weighted by Crippen LogP contribution is -2.43. The first kappa shape index (κ1) is 21.1. The third-order valence-electron chi connectivity index (χ3n) is 6.40. The second kappa shape index (κ2) is 8.51. The highest BCUT2D eigenvalue weighted by atomic mass is 32.2. The number of hydrogen-bond acceptors (Lipinski definition) is 4. The summed E-state index contributed by atoms with van der Waals surface area (Å²) >= 11 is 0. The van der Waals surface area contributed by atoms with E-state index in [1.165, 1.54) is 18.2 Å². The van der Waals surface area contributed by atoms with Crippen LogP contribution in [0, 0.1) is 0 Å². The minimum absolute atomic E-state index is 0.000151. The first-order valence-corrected chi connectivity index (χ1v) is 12.3. The van der Waals surface area contributed by atoms with Crippen molar-refractivity contribution in [3.8, 4) is 0 Å². The van der Waals surface area contributed by atoms with E-state index in [9.17, 15) is 18.0 Å². The Morgan fingerprint density at radius 1 is 1.13 bits per heavy atom. The minimum atomic E-state index is -3.68. The average molecular weight is 432 g/mol. The quantitative estimate of drug-likeness (QED) is 0.760. The van der Waals surface area contributed by atoms with Gasteiger partial charge in [-0.05, 0) is 50.3 Å². The number of amides is 1. The molecule has 0 radical (unpaired) electrons. The zero-order valence-electron chi connectivity index (χ0n) is 17.3. The molecule has 8 heteroatoms. The summed E-state index contributed by atoms with van der Waals surface area (Å²) < 4.78 is 28.4. The van der Waals surface area contributed by atoms with Crippen molar-refractivity contribution in [2.24, 2.45) is 0 Å². The van der Waals surface area contributed by atoms with Gasteiger partial charge in [0.2, 0.25) is 15.6 Å². The molecule has 1 aliphatic carbocycles. The summed E-state index contributed by atoms with van der Waals surface area (Å²) in [5.74, 6) is -0.322. The van der Waals surface area contributed by atoms with Gasteiger partial charge in [-0.3, -0.25) is 9.59 Å². The van der Waals surface area contributed by atoms with Crippen LogP contribution in [0.2, 0.25) is 0 Å². The molecular formula is C22H29N3O4S. The Hall–Kier alpha value is -2.19. The lowest BCUT2D eigenvalue weighted by molar-refractivity contribution is 0.0939. The maximum atomic E-state index is 13.4. The summed E-state index contributed by atoms with van der Waals surface area (Å²) in [4.78, 5) is 27.9. The number of sulfonamides is 1. The van der Waals surface area contributed by atoms with Crippen LogP contribution >= 0.6 is 0 Å². The van der Waals surface area contributed by atoms with Gasteiger partial charge < -0.3 is 10.3 Å². The molecule has 0 spiro atoms. The summed E-state index contributed by atoms with van der Waals surface area (Å²) in [6, 6.07) is 6.01. The second-order valence-electron chi connectivity index (χ2n) is 8.38. The van der Waals surface area contributed by atoms with Gasteiger partial charge in [0.05, 0.1) is 10.5 Å². The van der Waals surface area contributed by atoms with Crippen molar-refractivity contribution in [1.29, 1.82) is 0 Å². The van der Waals surface area contributed by atoms with E-state index in [2.05, 4.69) is 10.3 Å². The molecule has 2 N–H and O–H groups in total. The van der Waals surface area contributed by atoms with Gasteiger partial charge in [-0.25, -0.2) is 8.42 Å². The highest BCUT2D eigenvalue weighted by Gasteiger charge is 2.33. The largest absolute Gasteiger partial charge is 0.349 e. The molecule has 7 nitrogen and oxygen atoms in total. The number of rotatable bonds is 5. The van der Waals surface area contributed by atoms with Gasteiger partial charge in [-0.2, -0.15) is 4.31 Å². The Labute approximate surface area is 176 Å². The number of H-pyrrole nitrogens is 1. The van der Waals surface area contributed by atoms with Crippen molar-refractivity contribution in [2.45, 2.75) is 75.3 Å². The van der Waals surface area contributed by atoms with Crippen molar-refractivity contribution in [3.05, 3.63) is 40.2 Å². The predicted molar refractivity (Wildman–Crippen MR) is 116 cm³/mol. The molecule has 1 unspecified atom stereocenters. The molecule has 1 saturated heterocycles. The SMILES string of the molecule is CCC1CCCCN1S(=O)(=O)c1ccc2[nH]c(=O)cc(C(=O)NC3CCCC3)c2c1. The van der Waals surface area contributed by atoms with Crippen LogP contribution in [0.25, 0.3) is 10.9 Å². The number of pyridine rings is 1. The molecule has 1 atom stereocenters. The monoisotopic (exact) mass is 431 g/mol. The van der Waals surface area contributed by atoms with E-state index in [1.807, 2.05) is 6.92 Å². The van der Waals surface area contributed by atoms with E-state index in [1.54, 1.807) is 10.4 Å². The van der Waals surface area contributed by atoms with Gasteiger partial charge >= 0.3 is 0 Å². The summed E-state index contributed by atoms with van der Waals surface area (Å²) in [5.41, 5.74) is 0.309. The van der Waals surface area contributed by atoms with Gasteiger partial charge in [0.25, 0.3) is 5.91 Å². The Morgan fingerprint density at radius 2 is 1.87 bits per heavy atom. The molecule has 1 amide bonds. The number of fused-ring (bicyclic) bond motifs is 1. The number of aromatic amines is 1. The topological polar surface area (TPSA) is 99.3 Å². The summed E-state index contributed by atoms with van der Waals surface area (Å²) in [6.45, 7) is 2.52. The maximum absolute atomic E-state index is 13.4. The van der Waals surface area contributed by atoms with E-state index in [0.29, 0.717) is 17.4 Å². The van der Waals surface area contributed by atoms with Crippen LogP contribution in [0.5, 0.6) is 0 Å². The van der Waals surface area contributed by atoms with Crippen molar-refractivity contribution >= 4 is 26.8 Å². The van der Waals surface area contributed by atoms with Crippen molar-refractivity contribution < 1.29 is 13.2 Å². The molecule has 4 rings (SSSR count). The standard InChI is InChI=1S/C22H29N3O4S/c1-2-16-9-5-6-12-25(16)30(28,29)17-10-11-20-18(13-17)19(14-21(26)24-20)22(27)23-15-7-3-4-8-15/h10-11,13-16H,2-9,12H2,1H3,(H,23,27)(H,24,26). The molecule has 2 fully saturated rings. The molecule has 2 aliphatic rings. The predicted octanol–water partition coefficient (Wildman–Crippen LogP) is 3.15. The highest BCUT2D eigenvalue weighted by molar-refractivity contribution is 7.89. The summed E-state index contributed by atoms with van der Waals surface area (Å²) in [5, 5.41) is 3.46. The van der Waals surface area contributed by atoms with Gasteiger partial charge in [-0.15, -0.1) is 0 Å². The van der Waals surface area contributed by atoms with Crippen LogP contribution in [0.3, 0.4) is 0 Å². The van der Waals surface area contributed by atoms with E-state index < -0.39 is 10.0 Å². The average Bonchev–Trinajstić information content (AvgIpc) is 3.25. The normalized spacial score (nSPS) is 21.2. The van der Waals surface area contributed by atoms with E-state index in [4.69, 9.17) is 0 Å². The fourth-order valence-electron chi connectivity index (χ4n) is 4.75. The first-order valence-electron chi connectivity index (χ1n) is 10.9. The lowest BCUT2D eigenvalue weighted by Gasteiger charge is -2.34. The first-order chi connectivity index (χ1) is 14.4. The summed E-state index contributed by atoms with van der Waals surface area (Å²) in [6.07, 6.45) is 7.55. The lowest BCUT2D eigenvalue weighted by atomic mass is 10.0. The van der Waals surface area contributed by atoms with Crippen LogP contribution in [-0.4, -0.2) is 42.2 Å². The highest BCUT2D eigenvalue weighted by Crippen LogP contribution is 2.29. The Bertz CT molecular complexity index is 1100. The van der Waals surface area contributed by atoms with Crippen molar-refractivity contribution in [1.82, 2.24) is 14.6 Å². The molecule has 162 valence electrons. The number of nitrogens with one attached hydrogen (secondary N) is 2. The number of carbonyl (C=O) groups is 1. The summed E-state index contributed by atoms with van der Waals surface area (Å²) in [7, 11) is -3.68. The molecule has 0 bridgehead atoms. The Morgan fingerprint density at radius 3 is 2.60 bits per heavy atom. The molecule has 2 aromatic rings. The Kier molecular flexibility index (Phi) is 5.97. The number of benzene rings is 1. The fraction of sp³-hybridized carbons (Fsp3) is 0.545. The van der Waals surface area contributed by atoms with E-state index >= 15 is 0 Å². The van der Waals surface area contributed by atoms with E-state index in [-0.39, 0.29) is 34.0 Å².